The van der Waals surface area contributed by atoms with Crippen LogP contribution in [0.2, 0.25) is 0 Å². The largest absolute Gasteiger partial charge is 0.339 e. The number of benzene rings is 2. The minimum Gasteiger partial charge on any atom is -0.339 e. The monoisotopic (exact) mass is 391 g/mol. The van der Waals surface area contributed by atoms with Gasteiger partial charge in [-0.25, -0.2) is 0 Å². The number of amides is 1. The fourth-order valence-corrected chi connectivity index (χ4v) is 3.28. The number of nitrogens with zero attached hydrogens (tertiary/aromatic N) is 1. The Balaban J connectivity index is 1.63. The third kappa shape index (κ3) is 3.46. The summed E-state index contributed by atoms with van der Waals surface area (Å²) in [4.78, 5) is 14.5. The quantitative estimate of drug-likeness (QED) is 0.699. The Morgan fingerprint density at radius 1 is 0.952 bits per heavy atom. The lowest BCUT2D eigenvalue weighted by Crippen LogP contribution is -2.37. The van der Waals surface area contributed by atoms with Gasteiger partial charge in [0.15, 0.2) is 0 Å². The van der Waals surface area contributed by atoms with Gasteiger partial charge in [0.25, 0.3) is 5.91 Å². The molecule has 0 bridgehead atoms. The van der Waals surface area contributed by atoms with E-state index in [9.17, 15) is 4.79 Å². The van der Waals surface area contributed by atoms with Crippen molar-refractivity contribution in [2.75, 3.05) is 13.1 Å². The highest BCUT2D eigenvalue weighted by Gasteiger charge is 2.24. The minimum atomic E-state index is 0.165. The predicted octanol–water partition coefficient (Wildman–Crippen LogP) is 4.31. The van der Waals surface area contributed by atoms with Gasteiger partial charge in [-0.05, 0) is 71.2 Å². The summed E-state index contributed by atoms with van der Waals surface area (Å²) in [5.41, 5.74) is 2.20. The van der Waals surface area contributed by atoms with Crippen molar-refractivity contribution in [1.82, 2.24) is 4.90 Å². The zero-order valence-corrected chi connectivity index (χ0v) is 14.0. The third-order valence-corrected chi connectivity index (χ3v) is 4.86. The summed E-state index contributed by atoms with van der Waals surface area (Å²) in [6, 6.07) is 18.5. The maximum Gasteiger partial charge on any atom is 0.253 e. The average Bonchev–Trinajstić information content (AvgIpc) is 2.56. The normalized spacial score (nSPS) is 16.0. The summed E-state index contributed by atoms with van der Waals surface area (Å²) in [7, 11) is 0. The van der Waals surface area contributed by atoms with Crippen LogP contribution in [-0.2, 0) is 0 Å². The highest BCUT2D eigenvalue weighted by molar-refractivity contribution is 14.1. The molecule has 3 heteroatoms. The summed E-state index contributed by atoms with van der Waals surface area (Å²) in [5.74, 6) is 0.755. The van der Waals surface area contributed by atoms with Crippen LogP contribution in [0.1, 0.15) is 34.7 Å². The van der Waals surface area contributed by atoms with Crippen LogP contribution in [-0.4, -0.2) is 23.9 Å². The van der Waals surface area contributed by atoms with Crippen LogP contribution < -0.4 is 0 Å². The standard InChI is InChI=1S/C18H18INO/c19-17-8-6-16(7-9-17)18(21)20-12-10-15(11-13-20)14-4-2-1-3-5-14/h1-9,15H,10-13H2. The molecule has 2 aromatic carbocycles. The fourth-order valence-electron chi connectivity index (χ4n) is 2.92. The van der Waals surface area contributed by atoms with E-state index in [1.54, 1.807) is 0 Å². The number of rotatable bonds is 2. The number of hydrogen-bond acceptors (Lipinski definition) is 1. The van der Waals surface area contributed by atoms with E-state index in [0.717, 1.165) is 35.1 Å². The second-order valence-electron chi connectivity index (χ2n) is 5.48. The summed E-state index contributed by atoms with van der Waals surface area (Å²) in [5, 5.41) is 0. The number of piperidine rings is 1. The van der Waals surface area contributed by atoms with Crippen LogP contribution in [0.25, 0.3) is 0 Å². The van der Waals surface area contributed by atoms with Gasteiger partial charge in [0.1, 0.15) is 0 Å². The van der Waals surface area contributed by atoms with Crippen LogP contribution >= 0.6 is 22.6 Å². The van der Waals surface area contributed by atoms with Crippen molar-refractivity contribution in [3.8, 4) is 0 Å². The van der Waals surface area contributed by atoms with Crippen molar-refractivity contribution in [2.24, 2.45) is 0 Å². The number of hydrogen-bond donors (Lipinski definition) is 0. The molecule has 2 aromatic rings. The van der Waals surface area contributed by atoms with E-state index in [0.29, 0.717) is 5.92 Å². The first-order valence-corrected chi connectivity index (χ1v) is 8.42. The number of carbonyl (C=O) groups excluding carboxylic acids is 1. The van der Waals surface area contributed by atoms with Crippen LogP contribution in [0.4, 0.5) is 0 Å². The van der Waals surface area contributed by atoms with E-state index in [-0.39, 0.29) is 5.91 Å². The average molecular weight is 391 g/mol. The molecule has 0 N–H and O–H groups in total. The van der Waals surface area contributed by atoms with Gasteiger partial charge in [-0.2, -0.15) is 0 Å². The maximum absolute atomic E-state index is 12.5. The van der Waals surface area contributed by atoms with Gasteiger partial charge < -0.3 is 4.90 Å². The molecular formula is C18H18INO. The fraction of sp³-hybridized carbons (Fsp3) is 0.278. The van der Waals surface area contributed by atoms with E-state index in [4.69, 9.17) is 0 Å². The number of halogens is 1. The highest BCUT2D eigenvalue weighted by Crippen LogP contribution is 2.28. The molecule has 0 aromatic heterocycles. The van der Waals surface area contributed by atoms with Gasteiger partial charge >= 0.3 is 0 Å². The van der Waals surface area contributed by atoms with Gasteiger partial charge in [-0.1, -0.05) is 30.3 Å². The number of carbonyl (C=O) groups is 1. The van der Waals surface area contributed by atoms with Gasteiger partial charge in [-0.15, -0.1) is 0 Å². The molecule has 1 fully saturated rings. The molecule has 0 saturated carbocycles. The number of likely N-dealkylation sites (tertiary alicyclic amines) is 1. The minimum absolute atomic E-state index is 0.165. The SMILES string of the molecule is O=C(c1ccc(I)cc1)N1CCC(c2ccccc2)CC1. The topological polar surface area (TPSA) is 20.3 Å². The van der Waals surface area contributed by atoms with Gasteiger partial charge in [-0.3, -0.25) is 4.79 Å². The predicted molar refractivity (Wildman–Crippen MR) is 93.5 cm³/mol. The van der Waals surface area contributed by atoms with E-state index in [2.05, 4.69) is 52.9 Å². The van der Waals surface area contributed by atoms with Crippen LogP contribution in [0.5, 0.6) is 0 Å². The van der Waals surface area contributed by atoms with E-state index in [1.165, 1.54) is 5.56 Å². The van der Waals surface area contributed by atoms with E-state index >= 15 is 0 Å². The molecule has 0 radical (unpaired) electrons. The molecule has 1 saturated heterocycles. The van der Waals surface area contributed by atoms with Crippen molar-refractivity contribution in [3.05, 3.63) is 69.3 Å². The summed E-state index contributed by atoms with van der Waals surface area (Å²) < 4.78 is 1.16. The molecule has 21 heavy (non-hydrogen) atoms. The first kappa shape index (κ1) is 14.6. The van der Waals surface area contributed by atoms with Crippen LogP contribution in [0.3, 0.4) is 0 Å². The molecule has 108 valence electrons. The first-order valence-electron chi connectivity index (χ1n) is 7.34. The van der Waals surface area contributed by atoms with Crippen molar-refractivity contribution < 1.29 is 4.79 Å². The Bertz CT molecular complexity index is 601. The summed E-state index contributed by atoms with van der Waals surface area (Å²) in [6.07, 6.45) is 2.11. The third-order valence-electron chi connectivity index (χ3n) is 4.14. The Labute approximate surface area is 139 Å². The molecule has 1 aliphatic heterocycles. The Morgan fingerprint density at radius 3 is 2.19 bits per heavy atom. The molecule has 0 spiro atoms. The first-order chi connectivity index (χ1) is 10.2. The Kier molecular flexibility index (Phi) is 4.58. The maximum atomic E-state index is 12.5. The zero-order valence-electron chi connectivity index (χ0n) is 11.8. The summed E-state index contributed by atoms with van der Waals surface area (Å²) in [6.45, 7) is 1.70. The lowest BCUT2D eigenvalue weighted by atomic mass is 9.89. The van der Waals surface area contributed by atoms with Crippen molar-refractivity contribution in [3.63, 3.8) is 0 Å². The molecule has 1 aliphatic rings. The van der Waals surface area contributed by atoms with Crippen molar-refractivity contribution in [1.29, 1.82) is 0 Å². The van der Waals surface area contributed by atoms with Gasteiger partial charge in [0.05, 0.1) is 0 Å². The molecule has 0 unspecified atom stereocenters. The van der Waals surface area contributed by atoms with Crippen molar-refractivity contribution >= 4 is 28.5 Å². The summed E-state index contributed by atoms with van der Waals surface area (Å²) >= 11 is 2.26. The smallest absolute Gasteiger partial charge is 0.253 e. The second kappa shape index (κ2) is 6.60. The lowest BCUT2D eigenvalue weighted by molar-refractivity contribution is 0.0713. The molecule has 1 heterocycles. The Morgan fingerprint density at radius 2 is 1.57 bits per heavy atom. The van der Waals surface area contributed by atoms with Crippen LogP contribution in [0.15, 0.2) is 54.6 Å². The van der Waals surface area contributed by atoms with Crippen LogP contribution in [0, 0.1) is 3.57 Å². The lowest BCUT2D eigenvalue weighted by Gasteiger charge is -2.32. The molecular weight excluding hydrogens is 373 g/mol. The molecule has 3 rings (SSSR count). The molecule has 2 nitrogen and oxygen atoms in total. The van der Waals surface area contributed by atoms with Gasteiger partial charge in [0.2, 0.25) is 0 Å². The van der Waals surface area contributed by atoms with E-state index < -0.39 is 0 Å². The van der Waals surface area contributed by atoms with E-state index in [1.807, 2.05) is 29.2 Å². The molecule has 0 atom stereocenters. The van der Waals surface area contributed by atoms with Crippen molar-refractivity contribution in [2.45, 2.75) is 18.8 Å². The highest BCUT2D eigenvalue weighted by atomic mass is 127. The molecule has 1 amide bonds. The second-order valence-corrected chi connectivity index (χ2v) is 6.73. The molecule has 0 aliphatic carbocycles. The zero-order chi connectivity index (χ0) is 14.7. The van der Waals surface area contributed by atoms with Gasteiger partial charge in [0, 0.05) is 22.2 Å². The Hall–Kier alpha value is -1.36.